The maximum absolute atomic E-state index is 12.4. The molecule has 0 radical (unpaired) electrons. The van der Waals surface area contributed by atoms with Gasteiger partial charge in [0, 0.05) is 10.8 Å². The summed E-state index contributed by atoms with van der Waals surface area (Å²) in [5, 5.41) is 9.58. The summed E-state index contributed by atoms with van der Waals surface area (Å²) in [4.78, 5) is 0.191. The van der Waals surface area contributed by atoms with Gasteiger partial charge in [0.2, 0.25) is 0 Å². The molecule has 0 unspecified atom stereocenters. The number of fused-ring (bicyclic) bond motifs is 1. The molecule has 1 aromatic heterocycles. The molecule has 5 nitrogen and oxygen atoms in total. The summed E-state index contributed by atoms with van der Waals surface area (Å²) in [7, 11) is -3.67. The second-order valence-corrected chi connectivity index (χ2v) is 6.28. The Balaban J connectivity index is 2.09. The number of sulfonamides is 1. The summed E-state index contributed by atoms with van der Waals surface area (Å²) in [5.74, 6) is 0.236. The number of anilines is 1. The van der Waals surface area contributed by atoms with E-state index in [1.807, 2.05) is 31.2 Å². The Morgan fingerprint density at radius 3 is 2.19 bits per heavy atom. The normalized spacial score (nSPS) is 11.5. The molecule has 1 heterocycles. The van der Waals surface area contributed by atoms with Crippen molar-refractivity contribution in [2.75, 3.05) is 4.72 Å². The second-order valence-electron chi connectivity index (χ2n) is 4.60. The van der Waals surface area contributed by atoms with Crippen LogP contribution in [0.15, 0.2) is 59.5 Å². The molecule has 0 saturated carbocycles. The molecule has 0 spiro atoms. The van der Waals surface area contributed by atoms with Crippen LogP contribution in [-0.4, -0.2) is 18.6 Å². The van der Waals surface area contributed by atoms with Crippen molar-refractivity contribution in [3.63, 3.8) is 0 Å². The zero-order valence-corrected chi connectivity index (χ0v) is 12.1. The minimum Gasteiger partial charge on any atom is -0.261 e. The monoisotopic (exact) mass is 299 g/mol. The van der Waals surface area contributed by atoms with Crippen molar-refractivity contribution in [3.05, 3.63) is 60.3 Å². The standard InChI is InChI=1S/C15H13N3O2S/c1-11-13-9-5-6-10-14(13)15(17-16-11)18-21(19,20)12-7-3-2-4-8-12/h2-10H,1H3,(H,17,18). The lowest BCUT2D eigenvalue weighted by atomic mass is 10.1. The van der Waals surface area contributed by atoms with Crippen LogP contribution in [0.2, 0.25) is 0 Å². The first-order chi connectivity index (χ1) is 10.1. The molecule has 2 aromatic carbocycles. The fourth-order valence-corrected chi connectivity index (χ4v) is 3.14. The Labute approximate surface area is 122 Å². The number of hydrogen-bond acceptors (Lipinski definition) is 4. The van der Waals surface area contributed by atoms with E-state index in [0.29, 0.717) is 0 Å². The number of aryl methyl sites for hydroxylation is 1. The van der Waals surface area contributed by atoms with Crippen LogP contribution >= 0.6 is 0 Å². The Morgan fingerprint density at radius 1 is 0.857 bits per heavy atom. The van der Waals surface area contributed by atoms with Crippen molar-refractivity contribution in [2.45, 2.75) is 11.8 Å². The highest BCUT2D eigenvalue weighted by atomic mass is 32.2. The predicted molar refractivity (Wildman–Crippen MR) is 81.5 cm³/mol. The summed E-state index contributed by atoms with van der Waals surface area (Å²) in [6.07, 6.45) is 0. The van der Waals surface area contributed by atoms with E-state index < -0.39 is 10.0 Å². The molecule has 0 aliphatic rings. The fraction of sp³-hybridized carbons (Fsp3) is 0.0667. The van der Waals surface area contributed by atoms with Gasteiger partial charge in [-0.2, -0.15) is 5.10 Å². The molecule has 0 saturated heterocycles. The molecule has 6 heteroatoms. The summed E-state index contributed by atoms with van der Waals surface area (Å²) in [6.45, 7) is 1.84. The van der Waals surface area contributed by atoms with Crippen molar-refractivity contribution >= 4 is 26.6 Å². The van der Waals surface area contributed by atoms with Gasteiger partial charge in [-0.1, -0.05) is 42.5 Å². The van der Waals surface area contributed by atoms with Gasteiger partial charge in [-0.3, -0.25) is 4.72 Å². The molecule has 0 atom stereocenters. The van der Waals surface area contributed by atoms with Gasteiger partial charge < -0.3 is 0 Å². The van der Waals surface area contributed by atoms with Crippen LogP contribution in [0.25, 0.3) is 10.8 Å². The third-order valence-corrected chi connectivity index (χ3v) is 4.51. The molecule has 106 valence electrons. The van der Waals surface area contributed by atoms with Crippen LogP contribution < -0.4 is 4.72 Å². The summed E-state index contributed by atoms with van der Waals surface area (Å²) in [6, 6.07) is 15.6. The van der Waals surface area contributed by atoms with Gasteiger partial charge in [-0.25, -0.2) is 8.42 Å². The summed E-state index contributed by atoms with van der Waals surface area (Å²) in [5.41, 5.74) is 0.758. The molecule has 0 amide bonds. The van der Waals surface area contributed by atoms with Crippen LogP contribution in [0, 0.1) is 6.92 Å². The van der Waals surface area contributed by atoms with E-state index in [1.54, 1.807) is 18.2 Å². The van der Waals surface area contributed by atoms with Gasteiger partial charge in [-0.15, -0.1) is 5.10 Å². The Bertz CT molecular complexity index is 893. The molecule has 0 aliphatic carbocycles. The van der Waals surface area contributed by atoms with Gasteiger partial charge in [-0.05, 0) is 19.1 Å². The molecular formula is C15H13N3O2S. The molecule has 3 rings (SSSR count). The van der Waals surface area contributed by atoms with E-state index in [1.165, 1.54) is 12.1 Å². The van der Waals surface area contributed by atoms with E-state index in [9.17, 15) is 8.42 Å². The third kappa shape index (κ3) is 2.57. The van der Waals surface area contributed by atoms with Crippen LogP contribution in [0.5, 0.6) is 0 Å². The quantitative estimate of drug-likeness (QED) is 0.807. The predicted octanol–water partition coefficient (Wildman–Crippen LogP) is 2.74. The highest BCUT2D eigenvalue weighted by Gasteiger charge is 2.16. The number of nitrogens with zero attached hydrogens (tertiary/aromatic N) is 2. The number of benzene rings is 2. The largest absolute Gasteiger partial charge is 0.263 e. The molecule has 21 heavy (non-hydrogen) atoms. The third-order valence-electron chi connectivity index (χ3n) is 3.16. The smallest absolute Gasteiger partial charge is 0.261 e. The molecule has 0 fully saturated rings. The average molecular weight is 299 g/mol. The highest BCUT2D eigenvalue weighted by Crippen LogP contribution is 2.24. The van der Waals surface area contributed by atoms with Crippen molar-refractivity contribution in [1.82, 2.24) is 10.2 Å². The van der Waals surface area contributed by atoms with E-state index in [-0.39, 0.29) is 10.7 Å². The number of rotatable bonds is 3. The topological polar surface area (TPSA) is 72.0 Å². The van der Waals surface area contributed by atoms with Crippen LogP contribution in [0.4, 0.5) is 5.82 Å². The number of hydrogen-bond donors (Lipinski definition) is 1. The zero-order valence-electron chi connectivity index (χ0n) is 11.3. The molecule has 0 bridgehead atoms. The van der Waals surface area contributed by atoms with Crippen molar-refractivity contribution in [3.8, 4) is 0 Å². The Kier molecular flexibility index (Phi) is 3.31. The lowest BCUT2D eigenvalue weighted by molar-refractivity contribution is 0.601. The molecule has 1 N–H and O–H groups in total. The van der Waals surface area contributed by atoms with Gasteiger partial charge >= 0.3 is 0 Å². The second kappa shape index (κ2) is 5.14. The van der Waals surface area contributed by atoms with E-state index >= 15 is 0 Å². The van der Waals surface area contributed by atoms with Crippen LogP contribution in [-0.2, 0) is 10.0 Å². The zero-order chi connectivity index (χ0) is 14.9. The highest BCUT2D eigenvalue weighted by molar-refractivity contribution is 7.92. The van der Waals surface area contributed by atoms with Gasteiger partial charge in [0.05, 0.1) is 10.6 Å². The van der Waals surface area contributed by atoms with E-state index in [2.05, 4.69) is 14.9 Å². The Hall–Kier alpha value is -2.47. The van der Waals surface area contributed by atoms with Crippen molar-refractivity contribution in [1.29, 1.82) is 0 Å². The Morgan fingerprint density at radius 2 is 1.48 bits per heavy atom. The van der Waals surface area contributed by atoms with Gasteiger partial charge in [0.1, 0.15) is 0 Å². The maximum Gasteiger partial charge on any atom is 0.263 e. The minimum absolute atomic E-state index is 0.191. The van der Waals surface area contributed by atoms with E-state index in [0.717, 1.165) is 16.5 Å². The summed E-state index contributed by atoms with van der Waals surface area (Å²) < 4.78 is 27.2. The maximum atomic E-state index is 12.4. The molecular weight excluding hydrogens is 286 g/mol. The lowest BCUT2D eigenvalue weighted by Gasteiger charge is -2.10. The molecule has 3 aromatic rings. The minimum atomic E-state index is -3.67. The number of aromatic nitrogens is 2. The number of nitrogens with one attached hydrogen (secondary N) is 1. The SMILES string of the molecule is Cc1nnc(NS(=O)(=O)c2ccccc2)c2ccccc12. The van der Waals surface area contributed by atoms with E-state index in [4.69, 9.17) is 0 Å². The van der Waals surface area contributed by atoms with Crippen molar-refractivity contribution in [2.24, 2.45) is 0 Å². The molecule has 0 aliphatic heterocycles. The first-order valence-corrected chi connectivity index (χ1v) is 7.86. The van der Waals surface area contributed by atoms with Gasteiger partial charge in [0.25, 0.3) is 10.0 Å². The van der Waals surface area contributed by atoms with Crippen LogP contribution in [0.3, 0.4) is 0 Å². The fourth-order valence-electron chi connectivity index (χ4n) is 2.10. The van der Waals surface area contributed by atoms with Crippen molar-refractivity contribution < 1.29 is 8.42 Å². The average Bonchev–Trinajstić information content (AvgIpc) is 2.51. The lowest BCUT2D eigenvalue weighted by Crippen LogP contribution is -2.14. The van der Waals surface area contributed by atoms with Crippen LogP contribution in [0.1, 0.15) is 5.69 Å². The summed E-state index contributed by atoms with van der Waals surface area (Å²) >= 11 is 0. The van der Waals surface area contributed by atoms with Gasteiger partial charge in [0.15, 0.2) is 5.82 Å². The first-order valence-electron chi connectivity index (χ1n) is 6.38. The first kappa shape index (κ1) is 13.5.